The first-order valence-corrected chi connectivity index (χ1v) is 5.79. The molecule has 98 valence electrons. The van der Waals surface area contributed by atoms with Crippen molar-refractivity contribution < 1.29 is 19.0 Å². The fourth-order valence-electron chi connectivity index (χ4n) is 1.32. The Bertz CT molecular complexity index is 421. The molecule has 0 aromatic heterocycles. The van der Waals surface area contributed by atoms with Crippen LogP contribution in [0.4, 0.5) is 4.39 Å². The van der Waals surface area contributed by atoms with Crippen LogP contribution in [0.15, 0.2) is 18.2 Å². The molecule has 1 N–H and O–H groups in total. The SMILES string of the molecule is COCCCOc1cc(F)ccc1C#CCCO. The second-order valence-electron chi connectivity index (χ2n) is 3.61. The lowest BCUT2D eigenvalue weighted by molar-refractivity contribution is 0.172. The van der Waals surface area contributed by atoms with Crippen LogP contribution in [0.3, 0.4) is 0 Å². The molecule has 0 amide bonds. The Labute approximate surface area is 107 Å². The van der Waals surface area contributed by atoms with Gasteiger partial charge in [-0.15, -0.1) is 0 Å². The van der Waals surface area contributed by atoms with Gasteiger partial charge in [0.2, 0.25) is 0 Å². The molecule has 0 saturated heterocycles. The van der Waals surface area contributed by atoms with Crippen LogP contribution in [0.5, 0.6) is 5.75 Å². The molecule has 1 aromatic rings. The molecular weight excluding hydrogens is 235 g/mol. The van der Waals surface area contributed by atoms with E-state index in [4.69, 9.17) is 14.6 Å². The van der Waals surface area contributed by atoms with Gasteiger partial charge in [-0.1, -0.05) is 11.8 Å². The molecule has 3 nitrogen and oxygen atoms in total. The highest BCUT2D eigenvalue weighted by atomic mass is 19.1. The largest absolute Gasteiger partial charge is 0.492 e. The maximum absolute atomic E-state index is 13.1. The maximum Gasteiger partial charge on any atom is 0.137 e. The molecule has 0 aliphatic carbocycles. The van der Waals surface area contributed by atoms with Crippen molar-refractivity contribution in [3.63, 3.8) is 0 Å². The lowest BCUT2D eigenvalue weighted by Gasteiger charge is -2.08. The van der Waals surface area contributed by atoms with Gasteiger partial charge in [0.15, 0.2) is 0 Å². The summed E-state index contributed by atoms with van der Waals surface area (Å²) in [6.07, 6.45) is 1.12. The zero-order valence-corrected chi connectivity index (χ0v) is 10.4. The molecule has 0 radical (unpaired) electrons. The number of hydrogen-bond donors (Lipinski definition) is 1. The molecule has 1 rings (SSSR count). The number of methoxy groups -OCH3 is 1. The normalized spacial score (nSPS) is 9.72. The highest BCUT2D eigenvalue weighted by Gasteiger charge is 2.03. The molecule has 0 aliphatic rings. The van der Waals surface area contributed by atoms with Gasteiger partial charge in [-0.25, -0.2) is 4.39 Å². The Hall–Kier alpha value is -1.57. The van der Waals surface area contributed by atoms with Crippen LogP contribution in [0, 0.1) is 17.7 Å². The maximum atomic E-state index is 13.1. The highest BCUT2D eigenvalue weighted by molar-refractivity contribution is 5.46. The van der Waals surface area contributed by atoms with E-state index in [0.717, 1.165) is 6.42 Å². The van der Waals surface area contributed by atoms with Crippen LogP contribution in [-0.4, -0.2) is 32.0 Å². The number of benzene rings is 1. The fourth-order valence-corrected chi connectivity index (χ4v) is 1.32. The fraction of sp³-hybridized carbons (Fsp3) is 0.429. The van der Waals surface area contributed by atoms with Crippen LogP contribution in [0.25, 0.3) is 0 Å². The van der Waals surface area contributed by atoms with Crippen molar-refractivity contribution in [2.24, 2.45) is 0 Å². The van der Waals surface area contributed by atoms with Crippen molar-refractivity contribution in [3.05, 3.63) is 29.6 Å². The molecule has 18 heavy (non-hydrogen) atoms. The topological polar surface area (TPSA) is 38.7 Å². The lowest BCUT2D eigenvalue weighted by atomic mass is 10.2. The van der Waals surface area contributed by atoms with Crippen LogP contribution >= 0.6 is 0 Å². The zero-order valence-electron chi connectivity index (χ0n) is 10.4. The van der Waals surface area contributed by atoms with Gasteiger partial charge in [0.1, 0.15) is 11.6 Å². The Morgan fingerprint density at radius 1 is 1.33 bits per heavy atom. The van der Waals surface area contributed by atoms with Gasteiger partial charge in [-0.3, -0.25) is 0 Å². The Balaban J connectivity index is 2.68. The number of rotatable bonds is 6. The average molecular weight is 252 g/mol. The lowest BCUT2D eigenvalue weighted by Crippen LogP contribution is -2.02. The molecule has 0 bridgehead atoms. The third kappa shape index (κ3) is 5.17. The number of halogens is 1. The minimum atomic E-state index is -0.357. The number of aliphatic hydroxyl groups is 1. The van der Waals surface area contributed by atoms with E-state index in [1.807, 2.05) is 0 Å². The van der Waals surface area contributed by atoms with Gasteiger partial charge >= 0.3 is 0 Å². The summed E-state index contributed by atoms with van der Waals surface area (Å²) in [4.78, 5) is 0. The van der Waals surface area contributed by atoms with Crippen molar-refractivity contribution in [2.45, 2.75) is 12.8 Å². The van der Waals surface area contributed by atoms with E-state index in [0.29, 0.717) is 30.9 Å². The van der Waals surface area contributed by atoms with Crippen LogP contribution < -0.4 is 4.74 Å². The van der Waals surface area contributed by atoms with E-state index in [2.05, 4.69) is 11.8 Å². The molecule has 0 saturated carbocycles. The Morgan fingerprint density at radius 2 is 2.17 bits per heavy atom. The van der Waals surface area contributed by atoms with Gasteiger partial charge in [-0.2, -0.15) is 0 Å². The number of ether oxygens (including phenoxy) is 2. The molecule has 0 aliphatic heterocycles. The number of hydrogen-bond acceptors (Lipinski definition) is 3. The predicted octanol–water partition coefficient (Wildman–Crippen LogP) is 1.97. The monoisotopic (exact) mass is 252 g/mol. The van der Waals surface area contributed by atoms with E-state index in [1.165, 1.54) is 12.1 Å². The summed E-state index contributed by atoms with van der Waals surface area (Å²) in [5, 5.41) is 8.65. The van der Waals surface area contributed by atoms with Gasteiger partial charge in [0.25, 0.3) is 0 Å². The zero-order chi connectivity index (χ0) is 13.2. The average Bonchev–Trinajstić information content (AvgIpc) is 2.37. The third-order valence-corrected chi connectivity index (χ3v) is 2.15. The third-order valence-electron chi connectivity index (χ3n) is 2.15. The van der Waals surface area contributed by atoms with Crippen molar-refractivity contribution in [1.82, 2.24) is 0 Å². The van der Waals surface area contributed by atoms with Gasteiger partial charge in [-0.05, 0) is 12.1 Å². The Morgan fingerprint density at radius 3 is 2.89 bits per heavy atom. The summed E-state index contributed by atoms with van der Waals surface area (Å²) < 4.78 is 23.5. The first-order valence-electron chi connectivity index (χ1n) is 5.79. The van der Waals surface area contributed by atoms with E-state index >= 15 is 0 Å². The molecule has 0 spiro atoms. The highest BCUT2D eigenvalue weighted by Crippen LogP contribution is 2.19. The van der Waals surface area contributed by atoms with Crippen molar-refractivity contribution in [1.29, 1.82) is 0 Å². The molecule has 0 unspecified atom stereocenters. The van der Waals surface area contributed by atoms with Gasteiger partial charge in [0, 0.05) is 32.6 Å². The summed E-state index contributed by atoms with van der Waals surface area (Å²) in [6.45, 7) is 1.06. The predicted molar refractivity (Wildman–Crippen MR) is 67.0 cm³/mol. The molecule has 0 fully saturated rings. The standard InChI is InChI=1S/C14H17FO3/c1-17-9-4-10-18-14-11-13(15)7-6-12(14)5-2-3-8-16/h6-7,11,16H,3-4,8-10H2,1H3. The van der Waals surface area contributed by atoms with E-state index in [-0.39, 0.29) is 12.4 Å². The minimum absolute atomic E-state index is 0.0121. The smallest absolute Gasteiger partial charge is 0.137 e. The Kier molecular flexibility index (Phi) is 6.85. The summed E-state index contributed by atoms with van der Waals surface area (Å²) in [6, 6.07) is 4.23. The van der Waals surface area contributed by atoms with Crippen LogP contribution in [0.1, 0.15) is 18.4 Å². The van der Waals surface area contributed by atoms with E-state index in [9.17, 15) is 4.39 Å². The summed E-state index contributed by atoms with van der Waals surface area (Å²) >= 11 is 0. The summed E-state index contributed by atoms with van der Waals surface area (Å²) in [7, 11) is 1.62. The second-order valence-corrected chi connectivity index (χ2v) is 3.61. The van der Waals surface area contributed by atoms with Crippen LogP contribution in [-0.2, 0) is 4.74 Å². The minimum Gasteiger partial charge on any atom is -0.492 e. The molecular formula is C14H17FO3. The van der Waals surface area contributed by atoms with Gasteiger partial charge in [0.05, 0.1) is 18.8 Å². The number of aliphatic hydroxyl groups excluding tert-OH is 1. The summed E-state index contributed by atoms with van der Waals surface area (Å²) in [5.74, 6) is 5.71. The second kappa shape index (κ2) is 8.51. The molecule has 0 heterocycles. The van der Waals surface area contributed by atoms with E-state index in [1.54, 1.807) is 13.2 Å². The molecule has 1 aromatic carbocycles. The van der Waals surface area contributed by atoms with E-state index < -0.39 is 0 Å². The van der Waals surface area contributed by atoms with Crippen molar-refractivity contribution >= 4 is 0 Å². The van der Waals surface area contributed by atoms with Crippen LogP contribution in [0.2, 0.25) is 0 Å². The first-order chi connectivity index (χ1) is 8.77. The first kappa shape index (κ1) is 14.5. The van der Waals surface area contributed by atoms with Crippen molar-refractivity contribution in [3.8, 4) is 17.6 Å². The molecule has 4 heteroatoms. The quantitative estimate of drug-likeness (QED) is 0.621. The van der Waals surface area contributed by atoms with Gasteiger partial charge < -0.3 is 14.6 Å². The summed E-state index contributed by atoms with van der Waals surface area (Å²) in [5.41, 5.74) is 0.627. The molecule has 0 atom stereocenters. The van der Waals surface area contributed by atoms with Crippen molar-refractivity contribution in [2.75, 3.05) is 26.9 Å².